The van der Waals surface area contributed by atoms with Crippen LogP contribution in [0.25, 0.3) is 0 Å². The van der Waals surface area contributed by atoms with Crippen molar-refractivity contribution in [2.75, 3.05) is 6.54 Å². The molecule has 13 heavy (non-hydrogen) atoms. The molecule has 0 spiro atoms. The first-order valence-electron chi connectivity index (χ1n) is 4.74. The highest BCUT2D eigenvalue weighted by atomic mass is 16.2. The van der Waals surface area contributed by atoms with Crippen LogP contribution in [-0.2, 0) is 0 Å². The summed E-state index contributed by atoms with van der Waals surface area (Å²) >= 11 is 0. The Morgan fingerprint density at radius 1 is 1.38 bits per heavy atom. The molecule has 0 atom stereocenters. The molecule has 1 aliphatic rings. The van der Waals surface area contributed by atoms with Gasteiger partial charge in [-0.1, -0.05) is 19.3 Å². The quantitative estimate of drug-likeness (QED) is 0.627. The van der Waals surface area contributed by atoms with E-state index in [1.165, 1.54) is 19.3 Å². The van der Waals surface area contributed by atoms with Gasteiger partial charge in [0, 0.05) is 6.04 Å². The third-order valence-electron chi connectivity index (χ3n) is 2.27. The highest BCUT2D eigenvalue weighted by Gasteiger charge is 2.14. The van der Waals surface area contributed by atoms with E-state index in [2.05, 4.69) is 10.6 Å². The van der Waals surface area contributed by atoms with E-state index in [0.717, 1.165) is 12.8 Å². The predicted molar refractivity (Wildman–Crippen MR) is 49.0 cm³/mol. The summed E-state index contributed by atoms with van der Waals surface area (Å²) < 4.78 is 0. The van der Waals surface area contributed by atoms with Crippen LogP contribution in [0, 0.1) is 11.3 Å². The Balaban J connectivity index is 2.15. The Kier molecular flexibility index (Phi) is 4.10. The van der Waals surface area contributed by atoms with Gasteiger partial charge in [-0.25, -0.2) is 4.79 Å². The summed E-state index contributed by atoms with van der Waals surface area (Å²) in [6.07, 6.45) is 5.81. The molecule has 0 bridgehead atoms. The number of rotatable bonds is 2. The molecule has 0 heterocycles. The van der Waals surface area contributed by atoms with Crippen molar-refractivity contribution in [1.82, 2.24) is 10.6 Å². The van der Waals surface area contributed by atoms with Crippen molar-refractivity contribution in [3.05, 3.63) is 0 Å². The van der Waals surface area contributed by atoms with Crippen molar-refractivity contribution >= 4 is 6.03 Å². The van der Waals surface area contributed by atoms with Crippen LogP contribution in [0.5, 0.6) is 0 Å². The van der Waals surface area contributed by atoms with Gasteiger partial charge >= 0.3 is 6.03 Å². The Morgan fingerprint density at radius 2 is 2.08 bits per heavy atom. The van der Waals surface area contributed by atoms with Gasteiger partial charge < -0.3 is 10.6 Å². The van der Waals surface area contributed by atoms with E-state index in [0.29, 0.717) is 6.04 Å². The number of urea groups is 1. The monoisotopic (exact) mass is 181 g/mol. The van der Waals surface area contributed by atoms with Crippen LogP contribution >= 0.6 is 0 Å². The molecule has 0 radical (unpaired) electrons. The average molecular weight is 181 g/mol. The van der Waals surface area contributed by atoms with E-state index in [4.69, 9.17) is 5.26 Å². The van der Waals surface area contributed by atoms with E-state index >= 15 is 0 Å². The minimum absolute atomic E-state index is 0.0819. The van der Waals surface area contributed by atoms with Gasteiger partial charge in [-0.05, 0) is 12.8 Å². The van der Waals surface area contributed by atoms with Gasteiger partial charge in [0.25, 0.3) is 0 Å². The molecule has 4 nitrogen and oxygen atoms in total. The maximum atomic E-state index is 11.1. The number of nitriles is 1. The van der Waals surface area contributed by atoms with Gasteiger partial charge in [0.15, 0.2) is 0 Å². The summed E-state index contributed by atoms with van der Waals surface area (Å²) in [4.78, 5) is 11.1. The van der Waals surface area contributed by atoms with E-state index in [-0.39, 0.29) is 12.6 Å². The second kappa shape index (κ2) is 5.41. The lowest BCUT2D eigenvalue weighted by atomic mass is 9.96. The molecule has 2 amide bonds. The summed E-state index contributed by atoms with van der Waals surface area (Å²) in [7, 11) is 0. The first-order valence-corrected chi connectivity index (χ1v) is 4.74. The number of hydrogen-bond acceptors (Lipinski definition) is 2. The molecule has 72 valence electrons. The summed E-state index contributed by atoms with van der Waals surface area (Å²) in [5.41, 5.74) is 0. The average Bonchev–Trinajstić information content (AvgIpc) is 2.16. The minimum atomic E-state index is -0.214. The molecule has 0 aromatic rings. The molecule has 1 aliphatic carbocycles. The molecular formula is C9H15N3O. The maximum Gasteiger partial charge on any atom is 0.315 e. The number of carbonyl (C=O) groups excluding carboxylic acids is 1. The highest BCUT2D eigenvalue weighted by Crippen LogP contribution is 2.16. The lowest BCUT2D eigenvalue weighted by molar-refractivity contribution is 0.234. The minimum Gasteiger partial charge on any atom is -0.335 e. The molecule has 0 unspecified atom stereocenters. The molecule has 0 saturated heterocycles. The van der Waals surface area contributed by atoms with Gasteiger partial charge in [-0.15, -0.1) is 0 Å². The second-order valence-corrected chi connectivity index (χ2v) is 3.32. The summed E-state index contributed by atoms with van der Waals surface area (Å²) in [5, 5.41) is 13.5. The number of carbonyl (C=O) groups is 1. The van der Waals surface area contributed by atoms with Crippen LogP contribution in [0.3, 0.4) is 0 Å². The first-order chi connectivity index (χ1) is 6.33. The second-order valence-electron chi connectivity index (χ2n) is 3.32. The van der Waals surface area contributed by atoms with Gasteiger partial charge in [-0.2, -0.15) is 5.26 Å². The molecule has 2 N–H and O–H groups in total. The van der Waals surface area contributed by atoms with E-state index in [9.17, 15) is 4.79 Å². The lowest BCUT2D eigenvalue weighted by Crippen LogP contribution is -2.42. The molecule has 0 aliphatic heterocycles. The Labute approximate surface area is 78.3 Å². The van der Waals surface area contributed by atoms with Gasteiger partial charge in [-0.3, -0.25) is 0 Å². The standard InChI is InChI=1S/C9H15N3O/c10-6-7-11-9(13)12-8-4-2-1-3-5-8/h8H,1-5,7H2,(H2,11,12,13). The van der Waals surface area contributed by atoms with Crippen molar-refractivity contribution in [3.63, 3.8) is 0 Å². The zero-order valence-corrected chi connectivity index (χ0v) is 7.68. The van der Waals surface area contributed by atoms with Crippen molar-refractivity contribution in [1.29, 1.82) is 5.26 Å². The van der Waals surface area contributed by atoms with E-state index in [1.807, 2.05) is 6.07 Å². The van der Waals surface area contributed by atoms with Crippen molar-refractivity contribution in [2.24, 2.45) is 0 Å². The Morgan fingerprint density at radius 3 is 2.69 bits per heavy atom. The summed E-state index contributed by atoms with van der Waals surface area (Å²) in [6.45, 7) is 0.0819. The van der Waals surface area contributed by atoms with Gasteiger partial charge in [0.2, 0.25) is 0 Å². The van der Waals surface area contributed by atoms with Crippen LogP contribution in [0.15, 0.2) is 0 Å². The first kappa shape index (κ1) is 9.85. The molecule has 1 rings (SSSR count). The number of amides is 2. The summed E-state index contributed by atoms with van der Waals surface area (Å²) in [5.74, 6) is 0. The highest BCUT2D eigenvalue weighted by molar-refractivity contribution is 5.74. The normalized spacial score (nSPS) is 17.5. The zero-order valence-electron chi connectivity index (χ0n) is 7.68. The molecule has 1 saturated carbocycles. The molecule has 0 aromatic heterocycles. The fourth-order valence-electron chi connectivity index (χ4n) is 1.60. The van der Waals surface area contributed by atoms with E-state index < -0.39 is 0 Å². The van der Waals surface area contributed by atoms with Crippen LogP contribution in [0.1, 0.15) is 32.1 Å². The molecule has 0 aromatic carbocycles. The fraction of sp³-hybridized carbons (Fsp3) is 0.778. The fourth-order valence-corrected chi connectivity index (χ4v) is 1.60. The Bertz CT molecular complexity index is 203. The predicted octanol–water partition coefficient (Wildman–Crippen LogP) is 1.14. The zero-order chi connectivity index (χ0) is 9.52. The largest absolute Gasteiger partial charge is 0.335 e. The number of nitrogens with zero attached hydrogens (tertiary/aromatic N) is 1. The summed E-state index contributed by atoms with van der Waals surface area (Å²) in [6, 6.07) is 1.96. The van der Waals surface area contributed by atoms with Crippen LogP contribution < -0.4 is 10.6 Å². The van der Waals surface area contributed by atoms with Crippen LogP contribution in [0.4, 0.5) is 4.79 Å². The Hall–Kier alpha value is -1.24. The SMILES string of the molecule is N#CCNC(=O)NC1CCCCC1. The third kappa shape index (κ3) is 3.79. The lowest BCUT2D eigenvalue weighted by Gasteiger charge is -2.22. The van der Waals surface area contributed by atoms with Crippen LogP contribution in [-0.4, -0.2) is 18.6 Å². The molecule has 4 heteroatoms. The van der Waals surface area contributed by atoms with Crippen LogP contribution in [0.2, 0.25) is 0 Å². The topological polar surface area (TPSA) is 64.9 Å². The van der Waals surface area contributed by atoms with Crippen molar-refractivity contribution in [3.8, 4) is 6.07 Å². The van der Waals surface area contributed by atoms with E-state index in [1.54, 1.807) is 0 Å². The number of hydrogen-bond donors (Lipinski definition) is 2. The van der Waals surface area contributed by atoms with Gasteiger partial charge in [0.1, 0.15) is 6.54 Å². The third-order valence-corrected chi connectivity index (χ3v) is 2.27. The molecule has 1 fully saturated rings. The molecular weight excluding hydrogens is 166 g/mol. The van der Waals surface area contributed by atoms with Crippen molar-refractivity contribution < 1.29 is 4.79 Å². The smallest absolute Gasteiger partial charge is 0.315 e. The number of nitrogens with one attached hydrogen (secondary N) is 2. The van der Waals surface area contributed by atoms with Gasteiger partial charge in [0.05, 0.1) is 6.07 Å². The van der Waals surface area contributed by atoms with Crippen molar-refractivity contribution in [2.45, 2.75) is 38.1 Å². The maximum absolute atomic E-state index is 11.1.